The number of nitrogens with two attached hydrogens (primary N) is 1. The van der Waals surface area contributed by atoms with Crippen molar-refractivity contribution in [3.8, 4) is 11.5 Å². The fourth-order valence-corrected chi connectivity index (χ4v) is 2.89. The van der Waals surface area contributed by atoms with E-state index in [-0.39, 0.29) is 5.02 Å². The Hall–Kier alpha value is -3.59. The van der Waals surface area contributed by atoms with Gasteiger partial charge in [0.2, 0.25) is 5.60 Å². The van der Waals surface area contributed by atoms with Crippen molar-refractivity contribution in [2.75, 3.05) is 12.4 Å². The highest BCUT2D eigenvalue weighted by atomic mass is 35.5. The minimum absolute atomic E-state index is 0.00728. The Bertz CT molecular complexity index is 1110. The van der Waals surface area contributed by atoms with Gasteiger partial charge in [0.05, 0.1) is 19.0 Å². The Morgan fingerprint density at radius 2 is 2.10 bits per heavy atom. The van der Waals surface area contributed by atoms with Crippen molar-refractivity contribution in [1.29, 1.82) is 0 Å². The predicted molar refractivity (Wildman–Crippen MR) is 112 cm³/mol. The lowest BCUT2D eigenvalue weighted by molar-refractivity contribution is -0.132. The second kappa shape index (κ2) is 8.83. The fourth-order valence-electron chi connectivity index (χ4n) is 2.73. The van der Waals surface area contributed by atoms with E-state index < -0.39 is 17.1 Å². The Labute approximate surface area is 177 Å². The van der Waals surface area contributed by atoms with Gasteiger partial charge in [0, 0.05) is 24.5 Å². The number of hydrogen-bond donors (Lipinski definition) is 3. The van der Waals surface area contributed by atoms with E-state index in [0.717, 1.165) is 5.56 Å². The second-order valence-electron chi connectivity index (χ2n) is 6.51. The van der Waals surface area contributed by atoms with Crippen LogP contribution in [-0.2, 0) is 16.9 Å². The summed E-state index contributed by atoms with van der Waals surface area (Å²) < 4.78 is 11.4. The van der Waals surface area contributed by atoms with Crippen LogP contribution in [0.3, 0.4) is 0 Å². The molecule has 0 aliphatic carbocycles. The van der Waals surface area contributed by atoms with E-state index >= 15 is 0 Å². The van der Waals surface area contributed by atoms with E-state index in [9.17, 15) is 9.59 Å². The molecule has 9 nitrogen and oxygen atoms in total. The summed E-state index contributed by atoms with van der Waals surface area (Å²) in [4.78, 5) is 27.9. The van der Waals surface area contributed by atoms with Crippen LogP contribution in [0.5, 0.6) is 11.5 Å². The van der Waals surface area contributed by atoms with Crippen molar-refractivity contribution in [2.24, 2.45) is 5.73 Å². The maximum atomic E-state index is 12.3. The third-order valence-corrected chi connectivity index (χ3v) is 4.88. The van der Waals surface area contributed by atoms with Crippen LogP contribution in [0.4, 0.5) is 5.69 Å². The molecule has 0 radical (unpaired) electrons. The molecule has 0 spiro atoms. The molecule has 4 N–H and O–H groups in total. The quantitative estimate of drug-likeness (QED) is 0.500. The number of methoxy groups -OCH3 is 1. The van der Waals surface area contributed by atoms with Gasteiger partial charge in [0.25, 0.3) is 11.5 Å². The molecule has 0 bridgehead atoms. The zero-order valence-corrected chi connectivity index (χ0v) is 17.1. The van der Waals surface area contributed by atoms with Crippen LogP contribution in [0.15, 0.2) is 53.7 Å². The number of primary amides is 1. The number of pyridine rings is 1. The van der Waals surface area contributed by atoms with Crippen LogP contribution in [0.1, 0.15) is 18.1 Å². The number of nitrogens with one attached hydrogen (secondary N) is 2. The molecule has 10 heteroatoms. The molecule has 3 rings (SSSR count). The number of benzene rings is 1. The van der Waals surface area contributed by atoms with Gasteiger partial charge in [0.15, 0.2) is 11.5 Å². The van der Waals surface area contributed by atoms with Crippen LogP contribution in [0, 0.1) is 0 Å². The number of anilines is 1. The van der Waals surface area contributed by atoms with Crippen molar-refractivity contribution in [3.63, 3.8) is 0 Å². The van der Waals surface area contributed by atoms with E-state index in [2.05, 4.69) is 20.5 Å². The van der Waals surface area contributed by atoms with Crippen LogP contribution in [0.25, 0.3) is 0 Å². The molecule has 0 aliphatic heterocycles. The molecular weight excluding hydrogens is 410 g/mol. The van der Waals surface area contributed by atoms with E-state index in [4.69, 9.17) is 26.8 Å². The number of hydrogen-bond acceptors (Lipinski definition) is 7. The molecule has 0 aliphatic rings. The number of carbonyl (C=O) groups excluding carboxylic acids is 1. The summed E-state index contributed by atoms with van der Waals surface area (Å²) in [5.74, 6) is 0.0606. The van der Waals surface area contributed by atoms with Crippen LogP contribution >= 0.6 is 11.6 Å². The predicted octanol–water partition coefficient (Wildman–Crippen LogP) is 2.22. The van der Waals surface area contributed by atoms with Gasteiger partial charge in [-0.2, -0.15) is 5.10 Å². The maximum absolute atomic E-state index is 12.3. The largest absolute Gasteiger partial charge is 0.493 e. The molecule has 2 heterocycles. The zero-order chi connectivity index (χ0) is 21.7. The average Bonchev–Trinajstić information content (AvgIpc) is 2.75. The molecule has 1 atom stereocenters. The monoisotopic (exact) mass is 429 g/mol. The number of amides is 1. The summed E-state index contributed by atoms with van der Waals surface area (Å²) in [5, 5.41) is 9.02. The Morgan fingerprint density at radius 3 is 2.77 bits per heavy atom. The molecule has 1 aromatic carbocycles. The number of carbonyl (C=O) groups is 1. The van der Waals surface area contributed by atoms with Crippen molar-refractivity contribution in [2.45, 2.75) is 19.1 Å². The van der Waals surface area contributed by atoms with Gasteiger partial charge < -0.3 is 20.5 Å². The number of aromatic nitrogens is 3. The molecule has 3 aromatic rings. The number of aromatic amines is 1. The third-order valence-electron chi connectivity index (χ3n) is 4.50. The number of H-pyrrole nitrogens is 1. The highest BCUT2D eigenvalue weighted by molar-refractivity contribution is 6.32. The van der Waals surface area contributed by atoms with Gasteiger partial charge in [-0.25, -0.2) is 5.10 Å². The smallest absolute Gasteiger partial charge is 0.285 e. The number of rotatable bonds is 8. The first-order chi connectivity index (χ1) is 14.3. The van der Waals surface area contributed by atoms with Crippen LogP contribution in [-0.4, -0.2) is 28.2 Å². The summed E-state index contributed by atoms with van der Waals surface area (Å²) in [6.45, 7) is 1.88. The lowest BCUT2D eigenvalue weighted by atomic mass is 9.96. The molecule has 0 fully saturated rings. The summed E-state index contributed by atoms with van der Waals surface area (Å²) in [6.07, 6.45) is 4.52. The molecule has 1 unspecified atom stereocenters. The fraction of sp³-hybridized carbons (Fsp3) is 0.200. The molecule has 30 heavy (non-hydrogen) atoms. The molecule has 156 valence electrons. The van der Waals surface area contributed by atoms with Gasteiger partial charge in [-0.15, -0.1) is 0 Å². The van der Waals surface area contributed by atoms with Crippen LogP contribution < -0.4 is 26.1 Å². The maximum Gasteiger partial charge on any atom is 0.285 e. The van der Waals surface area contributed by atoms with Crippen molar-refractivity contribution in [3.05, 3.63) is 75.4 Å². The van der Waals surface area contributed by atoms with Gasteiger partial charge in [-0.1, -0.05) is 23.7 Å². The Balaban J connectivity index is 1.89. The topological polar surface area (TPSA) is 132 Å². The standard InChI is InChI=1S/C20H20ClN5O4/c1-20(19(22)28,13-4-3-7-23-10-13)30-16-8-12(5-6-15(16)29-2)9-24-14-11-25-26-18(27)17(14)21/h3-8,10-11H,9H2,1-2H3,(H2,22,28)(H2,24,26,27). The SMILES string of the molecule is COc1ccc(CNc2cn[nH]c(=O)c2Cl)cc1OC(C)(C(N)=O)c1cccnc1. The lowest BCUT2D eigenvalue weighted by Gasteiger charge is -2.28. The summed E-state index contributed by atoms with van der Waals surface area (Å²) in [7, 11) is 1.49. The van der Waals surface area contributed by atoms with E-state index in [0.29, 0.717) is 29.3 Å². The van der Waals surface area contributed by atoms with Gasteiger partial charge in [-0.05, 0) is 30.7 Å². The van der Waals surface area contributed by atoms with E-state index in [1.807, 2.05) is 0 Å². The van der Waals surface area contributed by atoms with E-state index in [1.54, 1.807) is 43.5 Å². The Kier molecular flexibility index (Phi) is 6.22. The summed E-state index contributed by atoms with van der Waals surface area (Å²) in [6, 6.07) is 8.61. The molecule has 0 saturated heterocycles. The molecular formula is C20H20ClN5O4. The van der Waals surface area contributed by atoms with Gasteiger partial charge in [-0.3, -0.25) is 14.6 Å². The zero-order valence-electron chi connectivity index (χ0n) is 16.3. The first-order valence-corrected chi connectivity index (χ1v) is 9.26. The minimum atomic E-state index is -1.46. The second-order valence-corrected chi connectivity index (χ2v) is 6.88. The van der Waals surface area contributed by atoms with Crippen molar-refractivity contribution in [1.82, 2.24) is 15.2 Å². The van der Waals surface area contributed by atoms with Gasteiger partial charge in [0.1, 0.15) is 5.02 Å². The number of halogens is 1. The summed E-state index contributed by atoms with van der Waals surface area (Å²) in [5.41, 5.74) is 5.36. The van der Waals surface area contributed by atoms with E-state index in [1.165, 1.54) is 19.5 Å². The minimum Gasteiger partial charge on any atom is -0.493 e. The highest BCUT2D eigenvalue weighted by Crippen LogP contribution is 2.35. The third kappa shape index (κ3) is 4.36. The normalized spacial score (nSPS) is 12.6. The van der Waals surface area contributed by atoms with Gasteiger partial charge >= 0.3 is 0 Å². The first-order valence-electron chi connectivity index (χ1n) is 8.88. The highest BCUT2D eigenvalue weighted by Gasteiger charge is 2.37. The van der Waals surface area contributed by atoms with Crippen molar-refractivity contribution >= 4 is 23.2 Å². The van der Waals surface area contributed by atoms with Crippen LogP contribution in [0.2, 0.25) is 5.02 Å². The Morgan fingerprint density at radius 1 is 1.30 bits per heavy atom. The van der Waals surface area contributed by atoms with Crippen molar-refractivity contribution < 1.29 is 14.3 Å². The lowest BCUT2D eigenvalue weighted by Crippen LogP contribution is -2.43. The molecule has 1 amide bonds. The molecule has 0 saturated carbocycles. The average molecular weight is 430 g/mol. The number of ether oxygens (including phenoxy) is 2. The summed E-state index contributed by atoms with van der Waals surface area (Å²) >= 11 is 5.98. The molecule has 2 aromatic heterocycles. The first kappa shape index (κ1) is 21.1. The number of nitrogens with zero attached hydrogens (tertiary/aromatic N) is 2.